The molecule has 0 aromatic carbocycles. The number of rotatable bonds is 6. The number of aromatic nitrogens is 2. The van der Waals surface area contributed by atoms with Gasteiger partial charge in [0.2, 0.25) is 11.8 Å². The Labute approximate surface area is 163 Å². The first-order valence-corrected chi connectivity index (χ1v) is 10.5. The summed E-state index contributed by atoms with van der Waals surface area (Å²) in [4.78, 5) is 36.2. The van der Waals surface area contributed by atoms with E-state index in [0.717, 1.165) is 55.0 Å². The first-order chi connectivity index (χ1) is 13.2. The topological polar surface area (TPSA) is 75.2 Å². The van der Waals surface area contributed by atoms with Gasteiger partial charge in [-0.3, -0.25) is 14.6 Å². The number of amides is 2. The molecule has 1 fully saturated rings. The summed E-state index contributed by atoms with van der Waals surface area (Å²) >= 11 is 1.73. The molecular formula is C20H24N4O2S. The highest BCUT2D eigenvalue weighted by atomic mass is 32.1. The Balaban J connectivity index is 1.28. The molecule has 142 valence electrons. The van der Waals surface area contributed by atoms with Gasteiger partial charge in [0.05, 0.1) is 5.69 Å². The van der Waals surface area contributed by atoms with Gasteiger partial charge in [-0.15, -0.1) is 11.3 Å². The summed E-state index contributed by atoms with van der Waals surface area (Å²) < 4.78 is 0. The lowest BCUT2D eigenvalue weighted by Gasteiger charge is -2.21. The summed E-state index contributed by atoms with van der Waals surface area (Å²) in [5.74, 6) is 0.361. The van der Waals surface area contributed by atoms with E-state index in [1.165, 1.54) is 4.88 Å². The van der Waals surface area contributed by atoms with Crippen molar-refractivity contribution in [3.63, 3.8) is 0 Å². The Morgan fingerprint density at radius 2 is 2.15 bits per heavy atom. The van der Waals surface area contributed by atoms with Crippen molar-refractivity contribution in [1.29, 1.82) is 0 Å². The summed E-state index contributed by atoms with van der Waals surface area (Å²) in [5.41, 5.74) is 2.16. The monoisotopic (exact) mass is 384 g/mol. The summed E-state index contributed by atoms with van der Waals surface area (Å²) in [7, 11) is 0. The maximum absolute atomic E-state index is 12.5. The molecule has 0 radical (unpaired) electrons. The number of thiazole rings is 1. The van der Waals surface area contributed by atoms with Crippen LogP contribution in [0, 0.1) is 5.92 Å². The van der Waals surface area contributed by atoms with Gasteiger partial charge in [-0.25, -0.2) is 4.98 Å². The van der Waals surface area contributed by atoms with Crippen molar-refractivity contribution in [2.24, 2.45) is 5.92 Å². The zero-order valence-electron chi connectivity index (χ0n) is 15.3. The molecule has 1 saturated heterocycles. The third kappa shape index (κ3) is 4.18. The lowest BCUT2D eigenvalue weighted by Crippen LogP contribution is -2.36. The first kappa shape index (κ1) is 18.1. The Kier molecular flexibility index (Phi) is 5.48. The van der Waals surface area contributed by atoms with Crippen molar-refractivity contribution in [3.8, 4) is 10.6 Å². The largest absolute Gasteiger partial charge is 0.356 e. The smallest absolute Gasteiger partial charge is 0.223 e. The quantitative estimate of drug-likeness (QED) is 0.776. The van der Waals surface area contributed by atoms with Crippen LogP contribution in [0.3, 0.4) is 0 Å². The molecule has 2 aliphatic rings. The molecule has 4 rings (SSSR count). The van der Waals surface area contributed by atoms with Gasteiger partial charge in [0.15, 0.2) is 0 Å². The van der Waals surface area contributed by atoms with Crippen molar-refractivity contribution in [1.82, 2.24) is 20.2 Å². The number of aryl methyl sites for hydroxylation is 1. The normalized spacial score (nSPS) is 19.2. The van der Waals surface area contributed by atoms with Gasteiger partial charge >= 0.3 is 0 Å². The Bertz CT molecular complexity index is 821. The van der Waals surface area contributed by atoms with E-state index in [4.69, 9.17) is 4.98 Å². The Morgan fingerprint density at radius 1 is 1.30 bits per heavy atom. The van der Waals surface area contributed by atoms with E-state index in [1.807, 2.05) is 17.0 Å². The second-order valence-corrected chi connectivity index (χ2v) is 8.28. The number of pyridine rings is 1. The molecule has 1 aliphatic carbocycles. The molecule has 27 heavy (non-hydrogen) atoms. The summed E-state index contributed by atoms with van der Waals surface area (Å²) in [6.07, 6.45) is 8.52. The van der Waals surface area contributed by atoms with Crippen LogP contribution in [0.5, 0.6) is 0 Å². The predicted octanol–water partition coefficient (Wildman–Crippen LogP) is 2.44. The molecule has 1 N–H and O–H groups in total. The summed E-state index contributed by atoms with van der Waals surface area (Å²) in [6, 6.07) is 3.94. The van der Waals surface area contributed by atoms with E-state index in [0.29, 0.717) is 19.4 Å². The van der Waals surface area contributed by atoms with E-state index < -0.39 is 0 Å². The lowest BCUT2D eigenvalue weighted by molar-refractivity contribution is -0.127. The predicted molar refractivity (Wildman–Crippen MR) is 104 cm³/mol. The number of fused-ring (bicyclic) bond motifs is 1. The average molecular weight is 385 g/mol. The zero-order chi connectivity index (χ0) is 18.6. The van der Waals surface area contributed by atoms with Gasteiger partial charge in [-0.05, 0) is 37.8 Å². The van der Waals surface area contributed by atoms with Gasteiger partial charge in [0.25, 0.3) is 0 Å². The standard InChI is InChI=1S/C20H24N4O2S/c25-18-3-1-11-24(18)12-2-8-22-19(26)15-4-5-17-16(13-15)23-20(27-17)14-6-9-21-10-7-14/h6-7,9-10,15H,1-5,8,11-13H2,(H,22,26). The minimum absolute atomic E-state index is 0.00157. The molecule has 0 saturated carbocycles. The van der Waals surface area contributed by atoms with Crippen molar-refractivity contribution in [2.75, 3.05) is 19.6 Å². The molecule has 2 aromatic rings. The highest BCUT2D eigenvalue weighted by Crippen LogP contribution is 2.34. The third-order valence-electron chi connectivity index (χ3n) is 5.31. The van der Waals surface area contributed by atoms with E-state index in [-0.39, 0.29) is 17.7 Å². The van der Waals surface area contributed by atoms with E-state index in [9.17, 15) is 9.59 Å². The maximum atomic E-state index is 12.5. The van der Waals surface area contributed by atoms with Crippen LogP contribution >= 0.6 is 11.3 Å². The number of nitrogens with zero attached hydrogens (tertiary/aromatic N) is 3. The first-order valence-electron chi connectivity index (χ1n) is 9.65. The highest BCUT2D eigenvalue weighted by molar-refractivity contribution is 7.15. The minimum atomic E-state index is -0.00157. The molecule has 1 unspecified atom stereocenters. The molecule has 2 aromatic heterocycles. The SMILES string of the molecule is O=C(NCCCN1CCCC1=O)C1CCc2sc(-c3ccncc3)nc2C1. The van der Waals surface area contributed by atoms with Crippen LogP contribution in [0.2, 0.25) is 0 Å². The lowest BCUT2D eigenvalue weighted by atomic mass is 9.90. The second kappa shape index (κ2) is 8.17. The maximum Gasteiger partial charge on any atom is 0.223 e. The number of carbonyl (C=O) groups is 2. The fourth-order valence-electron chi connectivity index (χ4n) is 3.79. The fraction of sp³-hybridized carbons (Fsp3) is 0.500. The number of hydrogen-bond donors (Lipinski definition) is 1. The molecule has 0 bridgehead atoms. The molecule has 6 nitrogen and oxygen atoms in total. The van der Waals surface area contributed by atoms with Crippen LogP contribution in [0.15, 0.2) is 24.5 Å². The molecule has 2 amide bonds. The zero-order valence-corrected chi connectivity index (χ0v) is 16.1. The van der Waals surface area contributed by atoms with E-state index >= 15 is 0 Å². The molecule has 0 spiro atoms. The molecule has 1 atom stereocenters. The molecular weight excluding hydrogens is 360 g/mol. The van der Waals surface area contributed by atoms with Crippen molar-refractivity contribution in [3.05, 3.63) is 35.1 Å². The van der Waals surface area contributed by atoms with Gasteiger partial charge in [0.1, 0.15) is 5.01 Å². The molecule has 1 aliphatic heterocycles. The number of carbonyl (C=O) groups excluding carboxylic acids is 2. The average Bonchev–Trinajstić information content (AvgIpc) is 3.31. The minimum Gasteiger partial charge on any atom is -0.356 e. The summed E-state index contributed by atoms with van der Waals surface area (Å²) in [5, 5.41) is 4.06. The highest BCUT2D eigenvalue weighted by Gasteiger charge is 2.27. The second-order valence-electron chi connectivity index (χ2n) is 7.19. The van der Waals surface area contributed by atoms with Crippen LogP contribution in [0.4, 0.5) is 0 Å². The van der Waals surface area contributed by atoms with E-state index in [1.54, 1.807) is 23.7 Å². The Hall–Kier alpha value is -2.28. The van der Waals surface area contributed by atoms with Crippen LogP contribution in [-0.4, -0.2) is 46.3 Å². The van der Waals surface area contributed by atoms with Crippen LogP contribution in [-0.2, 0) is 22.4 Å². The number of hydrogen-bond acceptors (Lipinski definition) is 5. The van der Waals surface area contributed by atoms with Crippen LogP contribution < -0.4 is 5.32 Å². The van der Waals surface area contributed by atoms with Gasteiger partial charge in [-0.1, -0.05) is 0 Å². The fourth-order valence-corrected chi connectivity index (χ4v) is 4.90. The van der Waals surface area contributed by atoms with Crippen molar-refractivity contribution < 1.29 is 9.59 Å². The number of nitrogens with one attached hydrogen (secondary N) is 1. The number of likely N-dealkylation sites (tertiary alicyclic amines) is 1. The summed E-state index contributed by atoms with van der Waals surface area (Å²) in [6.45, 7) is 2.24. The molecule has 7 heteroatoms. The van der Waals surface area contributed by atoms with Crippen molar-refractivity contribution >= 4 is 23.2 Å². The van der Waals surface area contributed by atoms with Crippen molar-refractivity contribution in [2.45, 2.75) is 38.5 Å². The van der Waals surface area contributed by atoms with E-state index in [2.05, 4.69) is 10.3 Å². The van der Waals surface area contributed by atoms with Crippen LogP contribution in [0.25, 0.3) is 10.6 Å². The van der Waals surface area contributed by atoms with Gasteiger partial charge in [-0.2, -0.15) is 0 Å². The van der Waals surface area contributed by atoms with Gasteiger partial charge in [0, 0.05) is 61.2 Å². The Morgan fingerprint density at radius 3 is 2.93 bits per heavy atom. The third-order valence-corrected chi connectivity index (χ3v) is 6.52. The molecule has 3 heterocycles. The van der Waals surface area contributed by atoms with Crippen LogP contribution in [0.1, 0.15) is 36.3 Å². The van der Waals surface area contributed by atoms with Gasteiger partial charge < -0.3 is 10.2 Å².